The zero-order valence-corrected chi connectivity index (χ0v) is 11.4. The van der Waals surface area contributed by atoms with Crippen molar-refractivity contribution in [3.63, 3.8) is 0 Å². The fourth-order valence-electron chi connectivity index (χ4n) is 2.25. The maximum absolute atomic E-state index is 12.8. The first-order valence-corrected chi connectivity index (χ1v) is 6.54. The summed E-state index contributed by atoms with van der Waals surface area (Å²) in [6.07, 6.45) is 2.26. The third-order valence-electron chi connectivity index (χ3n) is 3.85. The molecule has 2 rings (SSSR count). The summed E-state index contributed by atoms with van der Waals surface area (Å²) in [4.78, 5) is 0. The summed E-state index contributed by atoms with van der Waals surface area (Å²) >= 11 is 0. The van der Waals surface area contributed by atoms with E-state index >= 15 is 0 Å². The molecule has 0 aliphatic heterocycles. The molecule has 1 aliphatic carbocycles. The third kappa shape index (κ3) is 3.30. The highest BCUT2D eigenvalue weighted by Crippen LogP contribution is 2.36. The molecule has 0 atom stereocenters. The number of ether oxygens (including phenoxy) is 1. The van der Waals surface area contributed by atoms with Crippen LogP contribution in [-0.2, 0) is 4.74 Å². The summed E-state index contributed by atoms with van der Waals surface area (Å²) in [5.41, 5.74) is 1.14. The van der Waals surface area contributed by atoms with E-state index in [1.165, 1.54) is 5.56 Å². The Labute approximate surface area is 109 Å². The number of rotatable bonds is 5. The molecule has 0 radical (unpaired) electrons. The summed E-state index contributed by atoms with van der Waals surface area (Å²) in [5, 5.41) is 3.52. The van der Waals surface area contributed by atoms with E-state index in [4.69, 9.17) is 4.74 Å². The quantitative estimate of drug-likeness (QED) is 0.868. The highest BCUT2D eigenvalue weighted by Gasteiger charge is 2.31. The van der Waals surface area contributed by atoms with Gasteiger partial charge < -0.3 is 10.1 Å². The van der Waals surface area contributed by atoms with E-state index in [0.717, 1.165) is 19.4 Å². The largest absolute Gasteiger partial charge is 0.377 e. The van der Waals surface area contributed by atoms with Gasteiger partial charge in [-0.15, -0.1) is 0 Å². The molecule has 1 aromatic rings. The Morgan fingerprint density at radius 2 is 1.89 bits per heavy atom. The Hall–Kier alpha value is -0.930. The Bertz CT molecular complexity index is 382. The number of benzene rings is 1. The van der Waals surface area contributed by atoms with Gasteiger partial charge in [-0.05, 0) is 50.3 Å². The predicted molar refractivity (Wildman–Crippen MR) is 71.3 cm³/mol. The van der Waals surface area contributed by atoms with Gasteiger partial charge in [-0.25, -0.2) is 4.39 Å². The zero-order chi connectivity index (χ0) is 13.2. The Balaban J connectivity index is 1.75. The van der Waals surface area contributed by atoms with Crippen molar-refractivity contribution in [2.45, 2.75) is 44.2 Å². The maximum atomic E-state index is 12.8. The molecule has 0 aromatic heterocycles. The Kier molecular flexibility index (Phi) is 4.03. The average Bonchev–Trinajstić information content (AvgIpc) is 2.29. The van der Waals surface area contributed by atoms with Gasteiger partial charge in [-0.3, -0.25) is 0 Å². The summed E-state index contributed by atoms with van der Waals surface area (Å²) in [7, 11) is 1.74. The lowest BCUT2D eigenvalue weighted by Crippen LogP contribution is -2.46. The SMILES string of the molecule is COC(C)(C)CNC1CC(c2ccc(F)cc2)C1. The van der Waals surface area contributed by atoms with Gasteiger partial charge in [0, 0.05) is 19.7 Å². The van der Waals surface area contributed by atoms with Crippen molar-refractivity contribution < 1.29 is 9.13 Å². The lowest BCUT2D eigenvalue weighted by Gasteiger charge is -2.38. The van der Waals surface area contributed by atoms with Crippen molar-refractivity contribution in [1.82, 2.24) is 5.32 Å². The fourth-order valence-corrected chi connectivity index (χ4v) is 2.25. The molecule has 0 bridgehead atoms. The molecule has 0 amide bonds. The molecule has 0 heterocycles. The fraction of sp³-hybridized carbons (Fsp3) is 0.600. The van der Waals surface area contributed by atoms with Crippen LogP contribution in [-0.4, -0.2) is 25.3 Å². The molecule has 0 saturated heterocycles. The second-order valence-electron chi connectivity index (χ2n) is 5.76. The van der Waals surface area contributed by atoms with E-state index < -0.39 is 0 Å². The molecule has 2 nitrogen and oxygen atoms in total. The number of methoxy groups -OCH3 is 1. The standard InChI is InChI=1S/C15H22FNO/c1-15(2,18-3)10-17-14-8-12(9-14)11-4-6-13(16)7-5-11/h4-7,12,14,17H,8-10H2,1-3H3. The summed E-state index contributed by atoms with van der Waals surface area (Å²) < 4.78 is 18.2. The minimum atomic E-state index is -0.158. The minimum absolute atomic E-state index is 0.110. The van der Waals surface area contributed by atoms with Gasteiger partial charge in [-0.2, -0.15) is 0 Å². The van der Waals surface area contributed by atoms with Crippen molar-refractivity contribution in [1.29, 1.82) is 0 Å². The van der Waals surface area contributed by atoms with Gasteiger partial charge in [0.1, 0.15) is 5.82 Å². The topological polar surface area (TPSA) is 21.3 Å². The van der Waals surface area contributed by atoms with Crippen molar-refractivity contribution in [2.24, 2.45) is 0 Å². The van der Waals surface area contributed by atoms with Gasteiger partial charge >= 0.3 is 0 Å². The number of hydrogen-bond acceptors (Lipinski definition) is 2. The summed E-state index contributed by atoms with van der Waals surface area (Å²) in [5.74, 6) is 0.420. The molecule has 1 aliphatic rings. The molecule has 18 heavy (non-hydrogen) atoms. The molecule has 0 spiro atoms. The van der Waals surface area contributed by atoms with E-state index in [2.05, 4.69) is 19.2 Å². The molecule has 1 fully saturated rings. The normalized spacial score (nSPS) is 23.8. The molecule has 1 N–H and O–H groups in total. The third-order valence-corrected chi connectivity index (χ3v) is 3.85. The number of nitrogens with one attached hydrogen (secondary N) is 1. The van der Waals surface area contributed by atoms with E-state index in [-0.39, 0.29) is 11.4 Å². The minimum Gasteiger partial charge on any atom is -0.377 e. The smallest absolute Gasteiger partial charge is 0.123 e. The van der Waals surface area contributed by atoms with E-state index in [9.17, 15) is 4.39 Å². The molecular formula is C15H22FNO. The van der Waals surface area contributed by atoms with Crippen LogP contribution in [0.25, 0.3) is 0 Å². The second kappa shape index (κ2) is 5.37. The van der Waals surface area contributed by atoms with Crippen LogP contribution in [0.3, 0.4) is 0 Å². The highest BCUT2D eigenvalue weighted by molar-refractivity contribution is 5.23. The van der Waals surface area contributed by atoms with Crippen LogP contribution in [0.4, 0.5) is 4.39 Å². The summed E-state index contributed by atoms with van der Waals surface area (Å²) in [6, 6.07) is 7.45. The number of hydrogen-bond donors (Lipinski definition) is 1. The van der Waals surface area contributed by atoms with Crippen molar-refractivity contribution in [3.05, 3.63) is 35.6 Å². The van der Waals surface area contributed by atoms with Crippen LogP contribution < -0.4 is 5.32 Å². The number of halogens is 1. The van der Waals surface area contributed by atoms with E-state index in [1.807, 2.05) is 12.1 Å². The van der Waals surface area contributed by atoms with Gasteiger partial charge in [0.25, 0.3) is 0 Å². The van der Waals surface area contributed by atoms with Crippen LogP contribution in [0, 0.1) is 5.82 Å². The monoisotopic (exact) mass is 251 g/mol. The van der Waals surface area contributed by atoms with Crippen molar-refractivity contribution >= 4 is 0 Å². The van der Waals surface area contributed by atoms with Gasteiger partial charge in [0.05, 0.1) is 5.60 Å². The summed E-state index contributed by atoms with van der Waals surface area (Å²) in [6.45, 7) is 5.02. The second-order valence-corrected chi connectivity index (χ2v) is 5.76. The molecular weight excluding hydrogens is 229 g/mol. The zero-order valence-electron chi connectivity index (χ0n) is 11.4. The van der Waals surface area contributed by atoms with E-state index in [0.29, 0.717) is 12.0 Å². The molecule has 0 unspecified atom stereocenters. The lowest BCUT2D eigenvalue weighted by atomic mass is 9.76. The Morgan fingerprint density at radius 1 is 1.28 bits per heavy atom. The van der Waals surface area contributed by atoms with Crippen molar-refractivity contribution in [2.75, 3.05) is 13.7 Å². The Morgan fingerprint density at radius 3 is 2.44 bits per heavy atom. The van der Waals surface area contributed by atoms with Crippen LogP contribution >= 0.6 is 0 Å². The highest BCUT2D eigenvalue weighted by atomic mass is 19.1. The van der Waals surface area contributed by atoms with Gasteiger partial charge in [0.2, 0.25) is 0 Å². The molecule has 1 saturated carbocycles. The van der Waals surface area contributed by atoms with Crippen molar-refractivity contribution in [3.8, 4) is 0 Å². The van der Waals surface area contributed by atoms with Gasteiger partial charge in [0.15, 0.2) is 0 Å². The van der Waals surface area contributed by atoms with Crippen LogP contribution in [0.2, 0.25) is 0 Å². The average molecular weight is 251 g/mol. The van der Waals surface area contributed by atoms with Crippen LogP contribution in [0.5, 0.6) is 0 Å². The molecule has 100 valence electrons. The molecule has 3 heteroatoms. The first-order chi connectivity index (χ1) is 8.50. The van der Waals surface area contributed by atoms with Gasteiger partial charge in [-0.1, -0.05) is 12.1 Å². The first-order valence-electron chi connectivity index (χ1n) is 6.54. The molecule has 1 aromatic carbocycles. The first kappa shape index (κ1) is 13.5. The lowest BCUT2D eigenvalue weighted by molar-refractivity contribution is 0.0180. The predicted octanol–water partition coefficient (Wildman–Crippen LogP) is 3.09. The van der Waals surface area contributed by atoms with E-state index in [1.54, 1.807) is 19.2 Å². The maximum Gasteiger partial charge on any atom is 0.123 e. The van der Waals surface area contributed by atoms with Crippen LogP contribution in [0.15, 0.2) is 24.3 Å². The van der Waals surface area contributed by atoms with Crippen LogP contribution in [0.1, 0.15) is 38.2 Å².